The van der Waals surface area contributed by atoms with Gasteiger partial charge in [0.05, 0.1) is 29.7 Å². The molecule has 39 heavy (non-hydrogen) atoms. The monoisotopic (exact) mass is 529 g/mol. The predicted octanol–water partition coefficient (Wildman–Crippen LogP) is 4.10. The minimum absolute atomic E-state index is 0.0345. The van der Waals surface area contributed by atoms with Crippen molar-refractivity contribution < 1.29 is 18.7 Å². The third kappa shape index (κ3) is 5.37. The fourth-order valence-corrected chi connectivity index (χ4v) is 4.61. The summed E-state index contributed by atoms with van der Waals surface area (Å²) in [6, 6.07) is 11.8. The maximum atomic E-state index is 13.9. The molecule has 5 rings (SSSR count). The van der Waals surface area contributed by atoms with Crippen LogP contribution in [0.15, 0.2) is 67.5 Å². The second-order valence-electron chi connectivity index (χ2n) is 9.01. The molecule has 2 aromatic heterocycles. The number of hydrogen-bond donors (Lipinski definition) is 2. The van der Waals surface area contributed by atoms with Crippen molar-refractivity contribution in [3.8, 4) is 11.6 Å². The number of aromatic nitrogens is 3. The summed E-state index contributed by atoms with van der Waals surface area (Å²) in [6.45, 7) is 7.47. The van der Waals surface area contributed by atoms with Gasteiger partial charge in [-0.1, -0.05) is 6.58 Å². The summed E-state index contributed by atoms with van der Waals surface area (Å²) in [5.74, 6) is 0.682. The van der Waals surface area contributed by atoms with Gasteiger partial charge in [0, 0.05) is 56.9 Å². The highest BCUT2D eigenvalue weighted by atomic mass is 19.1. The molecule has 10 nitrogen and oxygen atoms in total. The molecule has 4 aromatic rings. The Labute approximate surface area is 224 Å². The lowest BCUT2D eigenvalue weighted by Gasteiger charge is -2.36. The molecule has 1 saturated heterocycles. The lowest BCUT2D eigenvalue weighted by molar-refractivity contribution is -0.129. The number of nitrogens with one attached hydrogen (secondary N) is 2. The van der Waals surface area contributed by atoms with Gasteiger partial charge in [0.2, 0.25) is 17.8 Å². The minimum Gasteiger partial charge on any atom is -0.494 e. The topological polar surface area (TPSA) is 105 Å². The van der Waals surface area contributed by atoms with E-state index in [1.54, 1.807) is 47.9 Å². The second-order valence-corrected chi connectivity index (χ2v) is 9.01. The van der Waals surface area contributed by atoms with Crippen molar-refractivity contribution in [2.24, 2.45) is 0 Å². The van der Waals surface area contributed by atoms with Crippen LogP contribution < -0.4 is 20.3 Å². The zero-order chi connectivity index (χ0) is 27.5. The Morgan fingerprint density at radius 3 is 2.59 bits per heavy atom. The first kappa shape index (κ1) is 25.7. The number of ether oxygens (including phenoxy) is 1. The Morgan fingerprint density at radius 2 is 1.87 bits per heavy atom. The highest BCUT2D eigenvalue weighted by Gasteiger charge is 2.23. The summed E-state index contributed by atoms with van der Waals surface area (Å²) < 4.78 is 21.4. The maximum absolute atomic E-state index is 13.9. The molecule has 1 aliphatic heterocycles. The van der Waals surface area contributed by atoms with E-state index in [9.17, 15) is 14.0 Å². The van der Waals surface area contributed by atoms with Crippen LogP contribution in [-0.4, -0.2) is 64.5 Å². The van der Waals surface area contributed by atoms with E-state index in [4.69, 9.17) is 4.74 Å². The van der Waals surface area contributed by atoms with E-state index >= 15 is 0 Å². The molecule has 0 unspecified atom stereocenters. The molecule has 200 valence electrons. The van der Waals surface area contributed by atoms with Crippen molar-refractivity contribution in [2.75, 3.05) is 48.8 Å². The number of amides is 2. The van der Waals surface area contributed by atoms with E-state index in [0.717, 1.165) is 11.1 Å². The normalized spacial score (nSPS) is 13.3. The average Bonchev–Trinajstić information content (AvgIpc) is 3.36. The first-order valence-electron chi connectivity index (χ1n) is 12.4. The number of nitrogens with zero attached hydrogens (tertiary/aromatic N) is 5. The molecule has 0 spiro atoms. The van der Waals surface area contributed by atoms with Gasteiger partial charge >= 0.3 is 0 Å². The van der Waals surface area contributed by atoms with E-state index in [-0.39, 0.29) is 23.6 Å². The average molecular weight is 530 g/mol. The van der Waals surface area contributed by atoms with E-state index in [1.807, 2.05) is 18.3 Å². The number of hydrogen-bond acceptors (Lipinski definition) is 7. The van der Waals surface area contributed by atoms with Crippen LogP contribution in [0.3, 0.4) is 0 Å². The van der Waals surface area contributed by atoms with Crippen LogP contribution in [0.5, 0.6) is 5.75 Å². The predicted molar refractivity (Wildman–Crippen MR) is 148 cm³/mol. The summed E-state index contributed by atoms with van der Waals surface area (Å²) in [5.41, 5.74) is 2.51. The Kier molecular flexibility index (Phi) is 7.13. The maximum Gasteiger partial charge on any atom is 0.247 e. The zero-order valence-electron chi connectivity index (χ0n) is 21.6. The standard InChI is InChI=1S/C28H28FN7O3/c1-4-27(38)31-21-16-22(25(39-3)17-24(21)35-13-11-34(12-14-35)18(2)37)32-28-30-9-7-26(33-28)36-10-8-19-5-6-20(29)15-23(19)36/h4-10,15-17H,1,11-14H2,2-3H3,(H,31,38)(H,30,32,33). The number of fused-ring (bicyclic) bond motifs is 1. The lowest BCUT2D eigenvalue weighted by atomic mass is 10.1. The fourth-order valence-electron chi connectivity index (χ4n) is 4.61. The lowest BCUT2D eigenvalue weighted by Crippen LogP contribution is -2.48. The largest absolute Gasteiger partial charge is 0.494 e. The van der Waals surface area contributed by atoms with E-state index in [2.05, 4.69) is 32.1 Å². The van der Waals surface area contributed by atoms with Crippen molar-refractivity contribution in [1.82, 2.24) is 19.4 Å². The number of carbonyl (C=O) groups is 2. The first-order chi connectivity index (χ1) is 18.9. The van der Waals surface area contributed by atoms with Crippen LogP contribution in [0.4, 0.5) is 27.4 Å². The van der Waals surface area contributed by atoms with Gasteiger partial charge in [-0.25, -0.2) is 9.37 Å². The highest BCUT2D eigenvalue weighted by molar-refractivity contribution is 6.02. The van der Waals surface area contributed by atoms with Gasteiger partial charge in [-0.05, 0) is 42.5 Å². The molecular weight excluding hydrogens is 501 g/mol. The van der Waals surface area contributed by atoms with Gasteiger partial charge in [-0.15, -0.1) is 0 Å². The summed E-state index contributed by atoms with van der Waals surface area (Å²) in [6.07, 6.45) is 4.62. The van der Waals surface area contributed by atoms with Crippen LogP contribution in [0.2, 0.25) is 0 Å². The summed E-state index contributed by atoms with van der Waals surface area (Å²) in [7, 11) is 1.55. The zero-order valence-corrected chi connectivity index (χ0v) is 21.6. The van der Waals surface area contributed by atoms with Gasteiger partial charge in [0.1, 0.15) is 17.4 Å². The number of methoxy groups -OCH3 is 1. The Hall–Kier alpha value is -4.93. The Morgan fingerprint density at radius 1 is 1.08 bits per heavy atom. The van der Waals surface area contributed by atoms with Gasteiger partial charge in [0.15, 0.2) is 0 Å². The molecule has 11 heteroatoms. The van der Waals surface area contributed by atoms with E-state index in [1.165, 1.54) is 18.2 Å². The van der Waals surface area contributed by atoms with Gasteiger partial charge in [-0.3, -0.25) is 9.59 Å². The number of anilines is 4. The number of halogens is 1. The Balaban J connectivity index is 1.48. The van der Waals surface area contributed by atoms with Crippen molar-refractivity contribution >= 4 is 45.7 Å². The third-order valence-electron chi connectivity index (χ3n) is 6.62. The molecule has 2 N–H and O–H groups in total. The quantitative estimate of drug-likeness (QED) is 0.347. The van der Waals surface area contributed by atoms with Crippen molar-refractivity contribution in [3.63, 3.8) is 0 Å². The summed E-state index contributed by atoms with van der Waals surface area (Å²) >= 11 is 0. The number of carbonyl (C=O) groups excluding carboxylic acids is 2. The van der Waals surface area contributed by atoms with E-state index < -0.39 is 0 Å². The SMILES string of the molecule is C=CC(=O)Nc1cc(Nc2nccc(-n3ccc4ccc(F)cc43)n2)c(OC)cc1N1CCN(C(C)=O)CC1. The number of rotatable bonds is 7. The minimum atomic E-state index is -0.361. The number of benzene rings is 2. The fraction of sp³-hybridized carbons (Fsp3) is 0.214. The van der Waals surface area contributed by atoms with Crippen molar-refractivity contribution in [1.29, 1.82) is 0 Å². The molecule has 3 heterocycles. The van der Waals surface area contributed by atoms with Gasteiger partial charge < -0.3 is 29.7 Å². The van der Waals surface area contributed by atoms with Gasteiger partial charge in [0.25, 0.3) is 0 Å². The van der Waals surface area contributed by atoms with Crippen LogP contribution in [0, 0.1) is 5.82 Å². The highest BCUT2D eigenvalue weighted by Crippen LogP contribution is 2.38. The molecule has 0 aliphatic carbocycles. The smallest absolute Gasteiger partial charge is 0.247 e. The molecular formula is C28H28FN7O3. The molecule has 0 bridgehead atoms. The Bertz CT molecular complexity index is 1560. The second kappa shape index (κ2) is 10.8. The molecule has 0 saturated carbocycles. The van der Waals surface area contributed by atoms with Crippen LogP contribution in [0.25, 0.3) is 16.7 Å². The molecule has 0 atom stereocenters. The summed E-state index contributed by atoms with van der Waals surface area (Å²) in [4.78, 5) is 36.9. The molecule has 1 fully saturated rings. The molecule has 2 aromatic carbocycles. The molecule has 0 radical (unpaired) electrons. The molecule has 2 amide bonds. The molecule has 1 aliphatic rings. The van der Waals surface area contributed by atoms with Crippen LogP contribution in [0.1, 0.15) is 6.92 Å². The van der Waals surface area contributed by atoms with Crippen LogP contribution in [-0.2, 0) is 9.59 Å². The van der Waals surface area contributed by atoms with Crippen molar-refractivity contribution in [3.05, 3.63) is 73.3 Å². The number of piperazine rings is 1. The first-order valence-corrected chi connectivity index (χ1v) is 12.4. The van der Waals surface area contributed by atoms with Crippen molar-refractivity contribution in [2.45, 2.75) is 6.92 Å². The van der Waals surface area contributed by atoms with E-state index in [0.29, 0.717) is 54.6 Å². The third-order valence-corrected chi connectivity index (χ3v) is 6.62. The summed E-state index contributed by atoms with van der Waals surface area (Å²) in [5, 5.41) is 6.94. The van der Waals surface area contributed by atoms with Crippen LogP contribution >= 0.6 is 0 Å². The van der Waals surface area contributed by atoms with Gasteiger partial charge in [-0.2, -0.15) is 4.98 Å².